The normalized spacial score (nSPS) is 10.3. The zero-order valence-corrected chi connectivity index (χ0v) is 15.5. The minimum absolute atomic E-state index is 0.150. The largest absolute Gasteiger partial charge is 0.497 e. The van der Waals surface area contributed by atoms with E-state index < -0.39 is 0 Å². The van der Waals surface area contributed by atoms with E-state index in [1.807, 2.05) is 30.3 Å². The highest BCUT2D eigenvalue weighted by Crippen LogP contribution is 2.12. The zero-order chi connectivity index (χ0) is 19.1. The number of nitrogens with zero attached hydrogens (tertiary/aromatic N) is 1. The number of carbonyl (C=O) groups excluding carboxylic acids is 1. The lowest BCUT2D eigenvalue weighted by molar-refractivity contribution is 0.0950. The Morgan fingerprint density at radius 3 is 2.22 bits per heavy atom. The number of pyridine rings is 1. The molecule has 0 unspecified atom stereocenters. The lowest BCUT2D eigenvalue weighted by Gasteiger charge is -2.08. The molecule has 27 heavy (non-hydrogen) atoms. The molecule has 0 radical (unpaired) electrons. The van der Waals surface area contributed by atoms with Crippen molar-refractivity contribution < 1.29 is 9.53 Å². The third kappa shape index (κ3) is 5.31. The van der Waals surface area contributed by atoms with Crippen molar-refractivity contribution in [1.82, 2.24) is 10.3 Å². The Bertz CT molecular complexity index is 873. The van der Waals surface area contributed by atoms with Crippen LogP contribution in [0.2, 0.25) is 0 Å². The van der Waals surface area contributed by atoms with Gasteiger partial charge in [-0.3, -0.25) is 4.79 Å². The van der Waals surface area contributed by atoms with Crippen LogP contribution in [0.1, 0.15) is 27.0 Å². The van der Waals surface area contributed by atoms with E-state index in [1.54, 1.807) is 19.4 Å². The molecule has 0 atom stereocenters. The predicted octanol–water partition coefficient (Wildman–Crippen LogP) is 3.94. The van der Waals surface area contributed by atoms with Crippen LogP contribution >= 0.6 is 0 Å². The highest BCUT2D eigenvalue weighted by molar-refractivity contribution is 5.94. The van der Waals surface area contributed by atoms with Crippen LogP contribution < -0.4 is 15.4 Å². The van der Waals surface area contributed by atoms with Gasteiger partial charge in [0.05, 0.1) is 12.7 Å². The van der Waals surface area contributed by atoms with Gasteiger partial charge in [0.2, 0.25) is 0 Å². The first-order valence-electron chi connectivity index (χ1n) is 8.80. The van der Waals surface area contributed by atoms with E-state index in [-0.39, 0.29) is 5.91 Å². The molecule has 1 heterocycles. The van der Waals surface area contributed by atoms with Gasteiger partial charge >= 0.3 is 0 Å². The Morgan fingerprint density at radius 2 is 1.59 bits per heavy atom. The maximum Gasteiger partial charge on any atom is 0.253 e. The molecule has 138 valence electrons. The molecule has 0 aliphatic heterocycles. The molecule has 3 aromatic rings. The lowest BCUT2D eigenvalue weighted by atomic mass is 10.1. The van der Waals surface area contributed by atoms with Crippen LogP contribution in [0, 0.1) is 6.92 Å². The molecule has 0 saturated heterocycles. The highest BCUT2D eigenvalue weighted by atomic mass is 16.5. The Kier molecular flexibility index (Phi) is 6.05. The average Bonchev–Trinajstić information content (AvgIpc) is 2.72. The van der Waals surface area contributed by atoms with Crippen LogP contribution in [0.4, 0.5) is 5.82 Å². The second-order valence-electron chi connectivity index (χ2n) is 6.30. The summed E-state index contributed by atoms with van der Waals surface area (Å²) in [6, 6.07) is 19.5. The van der Waals surface area contributed by atoms with E-state index in [4.69, 9.17) is 4.74 Å². The van der Waals surface area contributed by atoms with Gasteiger partial charge < -0.3 is 15.4 Å². The summed E-state index contributed by atoms with van der Waals surface area (Å²) in [6.07, 6.45) is 1.58. The van der Waals surface area contributed by atoms with Gasteiger partial charge in [-0.25, -0.2) is 4.98 Å². The number of hydrogen-bond donors (Lipinski definition) is 2. The maximum atomic E-state index is 12.3. The Morgan fingerprint density at radius 1 is 0.926 bits per heavy atom. The molecule has 2 N–H and O–H groups in total. The number of ether oxygens (including phenoxy) is 1. The molecular weight excluding hydrogens is 338 g/mol. The van der Waals surface area contributed by atoms with Gasteiger partial charge in [-0.2, -0.15) is 0 Å². The summed E-state index contributed by atoms with van der Waals surface area (Å²) < 4.78 is 5.13. The smallest absolute Gasteiger partial charge is 0.253 e. The summed E-state index contributed by atoms with van der Waals surface area (Å²) in [4.78, 5) is 16.6. The lowest BCUT2D eigenvalue weighted by Crippen LogP contribution is -2.22. The van der Waals surface area contributed by atoms with Crippen LogP contribution in [0.3, 0.4) is 0 Å². The average molecular weight is 361 g/mol. The molecule has 1 amide bonds. The SMILES string of the molecule is COc1ccc(CNC(=O)c2ccc(NCc3ccc(C)cc3)nc2)cc1. The molecule has 1 aromatic heterocycles. The van der Waals surface area contributed by atoms with Crippen LogP contribution in [-0.4, -0.2) is 18.0 Å². The number of amides is 1. The van der Waals surface area contributed by atoms with Crippen LogP contribution in [0.15, 0.2) is 66.9 Å². The fourth-order valence-electron chi connectivity index (χ4n) is 2.56. The zero-order valence-electron chi connectivity index (χ0n) is 15.5. The van der Waals surface area contributed by atoms with Crippen molar-refractivity contribution in [3.05, 3.63) is 89.1 Å². The van der Waals surface area contributed by atoms with E-state index in [9.17, 15) is 4.79 Å². The maximum absolute atomic E-state index is 12.3. The molecule has 0 fully saturated rings. The number of nitrogens with one attached hydrogen (secondary N) is 2. The van der Waals surface area contributed by atoms with E-state index in [0.29, 0.717) is 18.7 Å². The van der Waals surface area contributed by atoms with E-state index >= 15 is 0 Å². The van der Waals surface area contributed by atoms with Gasteiger partial charge in [0.1, 0.15) is 11.6 Å². The topological polar surface area (TPSA) is 63.2 Å². The van der Waals surface area contributed by atoms with E-state index in [1.165, 1.54) is 11.1 Å². The number of benzene rings is 2. The standard InChI is InChI=1S/C22H23N3O2/c1-16-3-5-17(6-4-16)13-23-21-12-9-19(15-24-21)22(26)25-14-18-7-10-20(27-2)11-8-18/h3-12,15H,13-14H2,1-2H3,(H,23,24)(H,25,26). The second-order valence-corrected chi connectivity index (χ2v) is 6.30. The molecule has 0 aliphatic carbocycles. The van der Waals surface area contributed by atoms with Crippen molar-refractivity contribution in [2.45, 2.75) is 20.0 Å². The summed E-state index contributed by atoms with van der Waals surface area (Å²) in [7, 11) is 1.63. The number of rotatable bonds is 7. The van der Waals surface area contributed by atoms with E-state index in [2.05, 4.69) is 46.8 Å². The number of aromatic nitrogens is 1. The molecule has 0 aliphatic rings. The fourth-order valence-corrected chi connectivity index (χ4v) is 2.56. The van der Waals surface area contributed by atoms with Crippen molar-refractivity contribution in [3.8, 4) is 5.75 Å². The fraction of sp³-hybridized carbons (Fsp3) is 0.182. The van der Waals surface area contributed by atoms with Crippen molar-refractivity contribution in [2.24, 2.45) is 0 Å². The monoisotopic (exact) mass is 361 g/mol. The third-order valence-electron chi connectivity index (χ3n) is 4.23. The number of hydrogen-bond acceptors (Lipinski definition) is 4. The summed E-state index contributed by atoms with van der Waals surface area (Å²) >= 11 is 0. The number of carbonyl (C=O) groups is 1. The quantitative estimate of drug-likeness (QED) is 0.669. The Hall–Kier alpha value is -3.34. The molecule has 5 heteroatoms. The molecule has 5 nitrogen and oxygen atoms in total. The predicted molar refractivity (Wildman–Crippen MR) is 107 cm³/mol. The van der Waals surface area contributed by atoms with E-state index in [0.717, 1.165) is 17.1 Å². The van der Waals surface area contributed by atoms with Crippen molar-refractivity contribution in [2.75, 3.05) is 12.4 Å². The Labute approximate surface area is 159 Å². The molecule has 0 saturated carbocycles. The van der Waals surface area contributed by atoms with Crippen molar-refractivity contribution >= 4 is 11.7 Å². The van der Waals surface area contributed by atoms with Crippen LogP contribution in [0.25, 0.3) is 0 Å². The Balaban J connectivity index is 1.51. The van der Waals surface area contributed by atoms with Gasteiger partial charge in [-0.1, -0.05) is 42.0 Å². The summed E-state index contributed by atoms with van der Waals surface area (Å²) in [5.41, 5.74) is 3.96. The second kappa shape index (κ2) is 8.85. The van der Waals surface area contributed by atoms with Crippen molar-refractivity contribution in [1.29, 1.82) is 0 Å². The first-order valence-corrected chi connectivity index (χ1v) is 8.80. The molecule has 0 spiro atoms. The van der Waals surface area contributed by atoms with Gasteiger partial charge in [0.15, 0.2) is 0 Å². The molecular formula is C22H23N3O2. The number of aryl methyl sites for hydroxylation is 1. The molecule has 2 aromatic carbocycles. The first-order chi connectivity index (χ1) is 13.1. The molecule has 3 rings (SSSR count). The van der Waals surface area contributed by atoms with Crippen LogP contribution in [0.5, 0.6) is 5.75 Å². The number of anilines is 1. The number of methoxy groups -OCH3 is 1. The highest BCUT2D eigenvalue weighted by Gasteiger charge is 2.06. The summed E-state index contributed by atoms with van der Waals surface area (Å²) in [5, 5.41) is 6.16. The van der Waals surface area contributed by atoms with Crippen LogP contribution in [-0.2, 0) is 13.1 Å². The van der Waals surface area contributed by atoms with Gasteiger partial charge in [-0.05, 0) is 42.3 Å². The van der Waals surface area contributed by atoms with Gasteiger partial charge in [0, 0.05) is 19.3 Å². The third-order valence-corrected chi connectivity index (χ3v) is 4.23. The van der Waals surface area contributed by atoms with Gasteiger partial charge in [0.25, 0.3) is 5.91 Å². The van der Waals surface area contributed by atoms with Gasteiger partial charge in [-0.15, -0.1) is 0 Å². The minimum Gasteiger partial charge on any atom is -0.497 e. The molecule has 0 bridgehead atoms. The first kappa shape index (κ1) is 18.5. The summed E-state index contributed by atoms with van der Waals surface area (Å²) in [5.74, 6) is 1.38. The summed E-state index contributed by atoms with van der Waals surface area (Å²) in [6.45, 7) is 3.21. The van der Waals surface area contributed by atoms with Crippen molar-refractivity contribution in [3.63, 3.8) is 0 Å². The minimum atomic E-state index is -0.150.